The Hall–Kier alpha value is -2.22. The van der Waals surface area contributed by atoms with Crippen molar-refractivity contribution in [1.29, 1.82) is 0 Å². The van der Waals surface area contributed by atoms with E-state index in [2.05, 4.69) is 20.5 Å². The minimum atomic E-state index is -0.196. The molecule has 0 aromatic carbocycles. The number of methoxy groups -OCH3 is 1. The van der Waals surface area contributed by atoms with Crippen molar-refractivity contribution in [1.82, 2.24) is 25.1 Å². The molecule has 2 aromatic heterocycles. The summed E-state index contributed by atoms with van der Waals surface area (Å²) >= 11 is 0. The summed E-state index contributed by atoms with van der Waals surface area (Å²) in [5, 5.41) is 10.8. The van der Waals surface area contributed by atoms with Crippen molar-refractivity contribution in [3.8, 4) is 0 Å². The highest BCUT2D eigenvalue weighted by Crippen LogP contribution is 2.41. The van der Waals surface area contributed by atoms with E-state index in [-0.39, 0.29) is 5.91 Å². The number of amides is 1. The number of hydrogen-bond donors (Lipinski definition) is 1. The van der Waals surface area contributed by atoms with Gasteiger partial charge in [-0.1, -0.05) is 0 Å². The van der Waals surface area contributed by atoms with E-state index in [9.17, 15) is 4.79 Å². The Balaban J connectivity index is 1.51. The highest BCUT2D eigenvalue weighted by atomic mass is 16.5. The van der Waals surface area contributed by atoms with E-state index in [1.54, 1.807) is 13.4 Å². The number of hydrogen-bond acceptors (Lipinski definition) is 6. The zero-order valence-electron chi connectivity index (χ0n) is 12.5. The zero-order valence-corrected chi connectivity index (χ0v) is 12.5. The SMILES string of the molecule is COCCn1cnnc1CCNC(=O)c1ncoc1C1CC1. The number of nitrogens with zero attached hydrogens (tertiary/aromatic N) is 4. The molecular weight excluding hydrogens is 286 g/mol. The Bertz CT molecular complexity index is 632. The van der Waals surface area contributed by atoms with Gasteiger partial charge in [0.05, 0.1) is 6.61 Å². The van der Waals surface area contributed by atoms with Crippen LogP contribution in [0.1, 0.15) is 40.8 Å². The number of nitrogens with one attached hydrogen (secondary N) is 1. The van der Waals surface area contributed by atoms with E-state index in [1.165, 1.54) is 6.39 Å². The van der Waals surface area contributed by atoms with E-state index < -0.39 is 0 Å². The van der Waals surface area contributed by atoms with E-state index in [4.69, 9.17) is 9.15 Å². The lowest BCUT2D eigenvalue weighted by Gasteiger charge is -2.06. The van der Waals surface area contributed by atoms with Crippen molar-refractivity contribution in [2.75, 3.05) is 20.3 Å². The summed E-state index contributed by atoms with van der Waals surface area (Å²) in [6, 6.07) is 0. The smallest absolute Gasteiger partial charge is 0.273 e. The quantitative estimate of drug-likeness (QED) is 0.773. The first-order valence-corrected chi connectivity index (χ1v) is 7.36. The van der Waals surface area contributed by atoms with Gasteiger partial charge in [-0.2, -0.15) is 0 Å². The second kappa shape index (κ2) is 6.69. The summed E-state index contributed by atoms with van der Waals surface area (Å²) in [6.07, 6.45) is 5.74. The molecule has 3 rings (SSSR count). The number of carbonyl (C=O) groups excluding carboxylic acids is 1. The maximum Gasteiger partial charge on any atom is 0.273 e. The van der Waals surface area contributed by atoms with Crippen LogP contribution in [0.3, 0.4) is 0 Å². The summed E-state index contributed by atoms with van der Waals surface area (Å²) < 4.78 is 12.3. The van der Waals surface area contributed by atoms with Crippen LogP contribution in [0, 0.1) is 0 Å². The lowest BCUT2D eigenvalue weighted by Crippen LogP contribution is -2.27. The summed E-state index contributed by atoms with van der Waals surface area (Å²) in [5.41, 5.74) is 0.406. The van der Waals surface area contributed by atoms with Crippen molar-refractivity contribution in [2.24, 2.45) is 0 Å². The van der Waals surface area contributed by atoms with Gasteiger partial charge in [0, 0.05) is 32.5 Å². The monoisotopic (exact) mass is 305 g/mol. The lowest BCUT2D eigenvalue weighted by atomic mass is 10.2. The molecule has 1 fully saturated rings. The second-order valence-corrected chi connectivity index (χ2v) is 5.28. The maximum absolute atomic E-state index is 12.1. The predicted octanol–water partition coefficient (Wildman–Crippen LogP) is 0.762. The van der Waals surface area contributed by atoms with Gasteiger partial charge < -0.3 is 19.0 Å². The predicted molar refractivity (Wildman–Crippen MR) is 76.4 cm³/mol. The lowest BCUT2D eigenvalue weighted by molar-refractivity contribution is 0.0947. The molecule has 2 aromatic rings. The summed E-state index contributed by atoms with van der Waals surface area (Å²) in [4.78, 5) is 16.2. The third-order valence-electron chi connectivity index (χ3n) is 3.62. The maximum atomic E-state index is 12.1. The standard InChI is InChI=1S/C14H19N5O3/c1-21-7-6-19-8-17-18-11(19)4-5-15-14(20)12-13(10-2-3-10)22-9-16-12/h8-10H,2-7H2,1H3,(H,15,20). The van der Waals surface area contributed by atoms with E-state index >= 15 is 0 Å². The van der Waals surface area contributed by atoms with Gasteiger partial charge in [-0.05, 0) is 12.8 Å². The van der Waals surface area contributed by atoms with Gasteiger partial charge in [-0.3, -0.25) is 4.79 Å². The molecule has 8 heteroatoms. The number of ether oxygens (including phenoxy) is 1. The van der Waals surface area contributed by atoms with Gasteiger partial charge in [0.25, 0.3) is 5.91 Å². The molecule has 0 atom stereocenters. The number of aromatic nitrogens is 4. The fourth-order valence-electron chi connectivity index (χ4n) is 2.28. The van der Waals surface area contributed by atoms with Gasteiger partial charge in [0.1, 0.15) is 17.9 Å². The molecule has 118 valence electrons. The molecule has 1 amide bonds. The average molecular weight is 305 g/mol. The van der Waals surface area contributed by atoms with Crippen LogP contribution in [-0.4, -0.2) is 45.9 Å². The Morgan fingerprint density at radius 3 is 3.18 bits per heavy atom. The summed E-state index contributed by atoms with van der Waals surface area (Å²) in [5.74, 6) is 1.69. The first kappa shape index (κ1) is 14.7. The zero-order chi connectivity index (χ0) is 15.4. The molecule has 0 saturated heterocycles. The normalized spacial score (nSPS) is 14.2. The Morgan fingerprint density at radius 1 is 1.55 bits per heavy atom. The fraction of sp³-hybridized carbons (Fsp3) is 0.571. The molecule has 0 radical (unpaired) electrons. The first-order valence-electron chi connectivity index (χ1n) is 7.36. The molecule has 1 aliphatic rings. The van der Waals surface area contributed by atoms with E-state index in [1.807, 2.05) is 4.57 Å². The number of rotatable bonds is 8. The molecule has 0 spiro atoms. The van der Waals surface area contributed by atoms with Gasteiger partial charge in [0.2, 0.25) is 0 Å². The molecule has 0 unspecified atom stereocenters. The third-order valence-corrected chi connectivity index (χ3v) is 3.62. The molecule has 8 nitrogen and oxygen atoms in total. The Kier molecular flexibility index (Phi) is 4.47. The van der Waals surface area contributed by atoms with Crippen molar-refractivity contribution < 1.29 is 13.9 Å². The van der Waals surface area contributed by atoms with Crippen LogP contribution in [-0.2, 0) is 17.7 Å². The highest BCUT2D eigenvalue weighted by molar-refractivity contribution is 5.93. The Labute approximate surface area is 127 Å². The molecular formula is C14H19N5O3. The average Bonchev–Trinajstić information content (AvgIpc) is 3.08. The van der Waals surface area contributed by atoms with Crippen LogP contribution in [0.15, 0.2) is 17.1 Å². The summed E-state index contributed by atoms with van der Waals surface area (Å²) in [7, 11) is 1.65. The molecule has 0 bridgehead atoms. The molecule has 1 saturated carbocycles. The molecule has 2 heterocycles. The fourth-order valence-corrected chi connectivity index (χ4v) is 2.28. The van der Waals surface area contributed by atoms with Crippen molar-refractivity contribution in [2.45, 2.75) is 31.7 Å². The van der Waals surface area contributed by atoms with E-state index in [0.29, 0.717) is 43.5 Å². The highest BCUT2D eigenvalue weighted by Gasteiger charge is 2.32. The number of carbonyl (C=O) groups is 1. The van der Waals surface area contributed by atoms with Crippen LogP contribution in [0.4, 0.5) is 0 Å². The molecule has 1 aliphatic carbocycles. The molecule has 1 N–H and O–H groups in total. The van der Waals surface area contributed by atoms with E-state index in [0.717, 1.165) is 18.7 Å². The minimum Gasteiger partial charge on any atom is -0.447 e. The largest absolute Gasteiger partial charge is 0.447 e. The van der Waals surface area contributed by atoms with Crippen LogP contribution >= 0.6 is 0 Å². The second-order valence-electron chi connectivity index (χ2n) is 5.28. The van der Waals surface area contributed by atoms with Crippen LogP contribution in [0.2, 0.25) is 0 Å². The van der Waals surface area contributed by atoms with Crippen LogP contribution in [0.5, 0.6) is 0 Å². The van der Waals surface area contributed by atoms with Gasteiger partial charge in [0.15, 0.2) is 12.1 Å². The van der Waals surface area contributed by atoms with Gasteiger partial charge >= 0.3 is 0 Å². The van der Waals surface area contributed by atoms with Crippen molar-refractivity contribution >= 4 is 5.91 Å². The topological polar surface area (TPSA) is 95.1 Å². The third kappa shape index (κ3) is 3.33. The van der Waals surface area contributed by atoms with Crippen molar-refractivity contribution in [3.63, 3.8) is 0 Å². The first-order chi connectivity index (χ1) is 10.8. The van der Waals surface area contributed by atoms with Gasteiger partial charge in [-0.25, -0.2) is 4.98 Å². The minimum absolute atomic E-state index is 0.196. The molecule has 22 heavy (non-hydrogen) atoms. The van der Waals surface area contributed by atoms with Gasteiger partial charge in [-0.15, -0.1) is 10.2 Å². The summed E-state index contributed by atoms with van der Waals surface area (Å²) in [6.45, 7) is 1.77. The number of oxazole rings is 1. The molecule has 0 aliphatic heterocycles. The van der Waals surface area contributed by atoms with Crippen LogP contribution in [0.25, 0.3) is 0 Å². The van der Waals surface area contributed by atoms with Crippen molar-refractivity contribution in [3.05, 3.63) is 30.0 Å². The Morgan fingerprint density at radius 2 is 2.41 bits per heavy atom. The van der Waals surface area contributed by atoms with Crippen LogP contribution < -0.4 is 5.32 Å².